The summed E-state index contributed by atoms with van der Waals surface area (Å²) in [6.07, 6.45) is 4.76. The molecule has 0 aliphatic heterocycles. The fourth-order valence-electron chi connectivity index (χ4n) is 3.06. The highest BCUT2D eigenvalue weighted by molar-refractivity contribution is 6.42. The first-order valence-corrected chi connectivity index (χ1v) is 6.80. The van der Waals surface area contributed by atoms with Crippen molar-refractivity contribution in [1.29, 1.82) is 0 Å². The summed E-state index contributed by atoms with van der Waals surface area (Å²) in [6.45, 7) is 6.81. The topological polar surface area (TPSA) is 0 Å². The highest BCUT2D eigenvalue weighted by atomic mass is 35.5. The van der Waals surface area contributed by atoms with Gasteiger partial charge in [-0.3, -0.25) is 0 Å². The normalized spacial score (nSPS) is 29.0. The first-order valence-electron chi connectivity index (χ1n) is 6.04. The van der Waals surface area contributed by atoms with E-state index in [0.717, 1.165) is 5.92 Å². The van der Waals surface area contributed by atoms with Crippen molar-refractivity contribution in [3.8, 4) is 0 Å². The first-order chi connectivity index (χ1) is 7.90. The highest BCUT2D eigenvalue weighted by Crippen LogP contribution is 2.41. The number of rotatable bonds is 1. The molecular weight excluding hydrogens is 251 g/mol. The summed E-state index contributed by atoms with van der Waals surface area (Å²) >= 11 is 12.1. The standard InChI is InChI=1S/C15H18Cl2/c1-10-6-11(2)9-15(3,8-10)12-4-5-13(16)14(17)7-12/h4-5,7-8,11H,6,9H2,1-3H3. The van der Waals surface area contributed by atoms with Crippen LogP contribution in [0.2, 0.25) is 10.0 Å². The highest BCUT2D eigenvalue weighted by Gasteiger charge is 2.30. The lowest BCUT2D eigenvalue weighted by Gasteiger charge is -2.35. The molecule has 0 spiro atoms. The Morgan fingerprint density at radius 2 is 1.94 bits per heavy atom. The second-order valence-corrected chi connectivity index (χ2v) is 6.36. The molecule has 1 aromatic rings. The molecule has 0 saturated carbocycles. The van der Waals surface area contributed by atoms with Gasteiger partial charge in [-0.15, -0.1) is 0 Å². The Labute approximate surface area is 114 Å². The van der Waals surface area contributed by atoms with Crippen molar-refractivity contribution in [2.75, 3.05) is 0 Å². The number of benzene rings is 1. The van der Waals surface area contributed by atoms with Gasteiger partial charge in [-0.25, -0.2) is 0 Å². The van der Waals surface area contributed by atoms with Crippen molar-refractivity contribution >= 4 is 23.2 Å². The van der Waals surface area contributed by atoms with Crippen LogP contribution in [-0.4, -0.2) is 0 Å². The zero-order chi connectivity index (χ0) is 12.6. The van der Waals surface area contributed by atoms with Crippen LogP contribution >= 0.6 is 23.2 Å². The van der Waals surface area contributed by atoms with Crippen LogP contribution in [0.15, 0.2) is 29.8 Å². The molecule has 2 atom stereocenters. The molecule has 2 unspecified atom stereocenters. The van der Waals surface area contributed by atoms with E-state index in [-0.39, 0.29) is 5.41 Å². The molecule has 0 heterocycles. The molecule has 2 heteroatoms. The Kier molecular flexibility index (Phi) is 3.56. The Morgan fingerprint density at radius 3 is 2.53 bits per heavy atom. The first kappa shape index (κ1) is 13.0. The Hall–Kier alpha value is -0.460. The lowest BCUT2D eigenvalue weighted by molar-refractivity contribution is 0.385. The minimum atomic E-state index is 0.0932. The van der Waals surface area contributed by atoms with E-state index in [4.69, 9.17) is 23.2 Å². The van der Waals surface area contributed by atoms with E-state index in [0.29, 0.717) is 10.0 Å². The number of allylic oxidation sites excluding steroid dienone is 2. The van der Waals surface area contributed by atoms with Crippen molar-refractivity contribution in [2.24, 2.45) is 5.92 Å². The molecule has 0 fully saturated rings. The maximum atomic E-state index is 6.12. The third-order valence-electron chi connectivity index (χ3n) is 3.59. The predicted molar refractivity (Wildman–Crippen MR) is 76.0 cm³/mol. The van der Waals surface area contributed by atoms with Crippen molar-refractivity contribution in [3.05, 3.63) is 45.5 Å². The molecule has 0 radical (unpaired) electrons. The van der Waals surface area contributed by atoms with Gasteiger partial charge in [-0.2, -0.15) is 0 Å². The molecule has 2 rings (SSSR count). The molecule has 92 valence electrons. The summed E-state index contributed by atoms with van der Waals surface area (Å²) in [5, 5.41) is 1.28. The summed E-state index contributed by atoms with van der Waals surface area (Å²) < 4.78 is 0. The lowest BCUT2D eigenvalue weighted by Crippen LogP contribution is -2.26. The summed E-state index contributed by atoms with van der Waals surface area (Å²) in [5.41, 5.74) is 2.82. The van der Waals surface area contributed by atoms with Crippen molar-refractivity contribution < 1.29 is 0 Å². The third-order valence-corrected chi connectivity index (χ3v) is 4.33. The summed E-state index contributed by atoms with van der Waals surface area (Å²) in [6, 6.07) is 5.99. The van der Waals surface area contributed by atoms with E-state index in [1.807, 2.05) is 12.1 Å². The van der Waals surface area contributed by atoms with Gasteiger partial charge in [0.1, 0.15) is 0 Å². The molecule has 0 nitrogen and oxygen atoms in total. The summed E-state index contributed by atoms with van der Waals surface area (Å²) in [4.78, 5) is 0. The maximum Gasteiger partial charge on any atom is 0.0595 e. The van der Waals surface area contributed by atoms with Gasteiger partial charge in [0.25, 0.3) is 0 Å². The average Bonchev–Trinajstić information content (AvgIpc) is 2.19. The van der Waals surface area contributed by atoms with Crippen LogP contribution in [0.1, 0.15) is 39.2 Å². The molecule has 0 amide bonds. The molecule has 0 saturated heterocycles. The van der Waals surface area contributed by atoms with Crippen molar-refractivity contribution in [3.63, 3.8) is 0 Å². The minimum absolute atomic E-state index is 0.0932. The molecular formula is C15H18Cl2. The number of hydrogen-bond donors (Lipinski definition) is 0. The van der Waals surface area contributed by atoms with E-state index in [9.17, 15) is 0 Å². The monoisotopic (exact) mass is 268 g/mol. The van der Waals surface area contributed by atoms with Gasteiger partial charge in [0, 0.05) is 5.41 Å². The zero-order valence-corrected chi connectivity index (χ0v) is 12.1. The van der Waals surface area contributed by atoms with Gasteiger partial charge in [-0.1, -0.05) is 54.8 Å². The quantitative estimate of drug-likeness (QED) is 0.580. The van der Waals surface area contributed by atoms with Crippen LogP contribution in [-0.2, 0) is 5.41 Å². The van der Waals surface area contributed by atoms with Crippen LogP contribution < -0.4 is 0 Å². The molecule has 1 aromatic carbocycles. The van der Waals surface area contributed by atoms with E-state index >= 15 is 0 Å². The van der Waals surface area contributed by atoms with E-state index in [1.165, 1.54) is 24.0 Å². The molecule has 1 aliphatic carbocycles. The molecule has 0 aromatic heterocycles. The second-order valence-electron chi connectivity index (χ2n) is 5.55. The van der Waals surface area contributed by atoms with Crippen LogP contribution in [0.3, 0.4) is 0 Å². The number of halogens is 2. The van der Waals surface area contributed by atoms with E-state index < -0.39 is 0 Å². The largest absolute Gasteiger partial charge is 0.0827 e. The Balaban J connectivity index is 2.44. The molecule has 0 N–H and O–H groups in total. The lowest BCUT2D eigenvalue weighted by atomic mass is 9.70. The zero-order valence-electron chi connectivity index (χ0n) is 10.6. The second kappa shape index (κ2) is 4.66. The third kappa shape index (κ3) is 2.69. The van der Waals surface area contributed by atoms with Crippen LogP contribution in [0.5, 0.6) is 0 Å². The van der Waals surface area contributed by atoms with Crippen LogP contribution in [0.25, 0.3) is 0 Å². The van der Waals surface area contributed by atoms with Gasteiger partial charge in [0.15, 0.2) is 0 Å². The Bertz CT molecular complexity index is 462. The van der Waals surface area contributed by atoms with Gasteiger partial charge < -0.3 is 0 Å². The van der Waals surface area contributed by atoms with E-state index in [2.05, 4.69) is 32.9 Å². The summed E-state index contributed by atoms with van der Waals surface area (Å²) in [5.74, 6) is 0.722. The van der Waals surface area contributed by atoms with Gasteiger partial charge >= 0.3 is 0 Å². The van der Waals surface area contributed by atoms with E-state index in [1.54, 1.807) is 0 Å². The predicted octanol–water partition coefficient (Wildman–Crippen LogP) is 5.63. The smallest absolute Gasteiger partial charge is 0.0595 e. The van der Waals surface area contributed by atoms with Gasteiger partial charge in [0.05, 0.1) is 10.0 Å². The minimum Gasteiger partial charge on any atom is -0.0827 e. The maximum absolute atomic E-state index is 6.12. The Morgan fingerprint density at radius 1 is 1.24 bits per heavy atom. The molecule has 1 aliphatic rings. The molecule has 0 bridgehead atoms. The fraction of sp³-hybridized carbons (Fsp3) is 0.467. The van der Waals surface area contributed by atoms with Crippen LogP contribution in [0, 0.1) is 5.92 Å². The van der Waals surface area contributed by atoms with Crippen molar-refractivity contribution in [1.82, 2.24) is 0 Å². The van der Waals surface area contributed by atoms with Crippen molar-refractivity contribution in [2.45, 2.75) is 39.0 Å². The summed E-state index contributed by atoms with van der Waals surface area (Å²) in [7, 11) is 0. The average molecular weight is 269 g/mol. The number of hydrogen-bond acceptors (Lipinski definition) is 0. The fourth-order valence-corrected chi connectivity index (χ4v) is 3.36. The van der Waals surface area contributed by atoms with Gasteiger partial charge in [0.2, 0.25) is 0 Å². The van der Waals surface area contributed by atoms with Crippen LogP contribution in [0.4, 0.5) is 0 Å². The molecule has 17 heavy (non-hydrogen) atoms. The SMILES string of the molecule is CC1=CC(C)(c2ccc(Cl)c(Cl)c2)CC(C)C1. The van der Waals surface area contributed by atoms with Gasteiger partial charge in [-0.05, 0) is 43.4 Å².